The Bertz CT molecular complexity index is 1630. The van der Waals surface area contributed by atoms with Gasteiger partial charge in [-0.1, -0.05) is 0 Å². The number of anilines is 1. The summed E-state index contributed by atoms with van der Waals surface area (Å²) in [5, 5.41) is 7.98. The molecule has 1 saturated heterocycles. The summed E-state index contributed by atoms with van der Waals surface area (Å²) < 4.78 is 32.6. The highest BCUT2D eigenvalue weighted by Crippen LogP contribution is 2.35. The molecule has 3 aromatic rings. The lowest BCUT2D eigenvalue weighted by Crippen LogP contribution is -2.42. The zero-order chi connectivity index (χ0) is 34.7. The fraction of sp³-hybridized carbons (Fsp3) is 0.529. The molecule has 5 rings (SSSR count). The first-order chi connectivity index (χ1) is 22.7. The fourth-order valence-corrected chi connectivity index (χ4v) is 6.11. The van der Waals surface area contributed by atoms with Crippen LogP contribution in [0, 0.1) is 5.82 Å². The van der Waals surface area contributed by atoms with Gasteiger partial charge in [0.25, 0.3) is 11.8 Å². The van der Waals surface area contributed by atoms with Crippen molar-refractivity contribution in [1.29, 1.82) is 0 Å². The monoisotopic (exact) mass is 683 g/mol. The van der Waals surface area contributed by atoms with E-state index in [0.29, 0.717) is 57.0 Å². The minimum Gasteiger partial charge on any atom is -0.490 e. The Balaban J connectivity index is 1.30. The molecule has 0 aliphatic carbocycles. The SMILES string of the molecule is CC(C)N(C(=O)c1cc(F)ccc1Oc1nnc(Cl)nc1N1CCC(Oc2ccnc3c2CN(C(=O)OC(C)(C)C)CC3)CC1)C(C)C. The molecule has 2 aromatic heterocycles. The number of halogens is 2. The van der Waals surface area contributed by atoms with Gasteiger partial charge in [0.15, 0.2) is 5.82 Å². The van der Waals surface area contributed by atoms with Gasteiger partial charge in [0.2, 0.25) is 5.28 Å². The van der Waals surface area contributed by atoms with Gasteiger partial charge in [-0.05, 0) is 84.3 Å². The number of fused-ring (bicyclic) bond motifs is 1. The molecule has 0 N–H and O–H groups in total. The smallest absolute Gasteiger partial charge is 0.410 e. The van der Waals surface area contributed by atoms with Crippen molar-refractivity contribution in [3.8, 4) is 17.4 Å². The molecule has 0 atom stereocenters. The Morgan fingerprint density at radius 2 is 1.73 bits per heavy atom. The van der Waals surface area contributed by atoms with E-state index in [1.165, 1.54) is 18.2 Å². The number of ether oxygens (including phenoxy) is 3. The second-order valence-corrected chi connectivity index (χ2v) is 13.9. The largest absolute Gasteiger partial charge is 0.490 e. The fourth-order valence-electron chi connectivity index (χ4n) is 6.00. The van der Waals surface area contributed by atoms with E-state index in [2.05, 4.69) is 20.2 Å². The molecule has 48 heavy (non-hydrogen) atoms. The first-order valence-electron chi connectivity index (χ1n) is 16.3. The number of hydrogen-bond acceptors (Lipinski definition) is 10. The maximum absolute atomic E-state index is 14.4. The van der Waals surface area contributed by atoms with Crippen LogP contribution in [-0.2, 0) is 17.7 Å². The maximum atomic E-state index is 14.4. The Labute approximate surface area is 285 Å². The first-order valence-corrected chi connectivity index (χ1v) is 16.6. The number of piperidine rings is 1. The van der Waals surface area contributed by atoms with Crippen molar-refractivity contribution in [2.24, 2.45) is 0 Å². The second kappa shape index (κ2) is 14.5. The average Bonchev–Trinajstić information content (AvgIpc) is 3.02. The lowest BCUT2D eigenvalue weighted by Gasteiger charge is -2.35. The van der Waals surface area contributed by atoms with E-state index >= 15 is 0 Å². The normalized spacial score (nSPS) is 15.4. The summed E-state index contributed by atoms with van der Waals surface area (Å²) in [5.74, 6) is 0.312. The van der Waals surface area contributed by atoms with Crippen LogP contribution >= 0.6 is 11.6 Å². The van der Waals surface area contributed by atoms with Crippen LogP contribution < -0.4 is 14.4 Å². The third kappa shape index (κ3) is 8.23. The third-order valence-corrected chi connectivity index (χ3v) is 8.26. The van der Waals surface area contributed by atoms with E-state index in [0.717, 1.165) is 11.3 Å². The van der Waals surface area contributed by atoms with Crippen molar-refractivity contribution in [3.63, 3.8) is 0 Å². The van der Waals surface area contributed by atoms with Gasteiger partial charge >= 0.3 is 6.09 Å². The van der Waals surface area contributed by atoms with Crippen molar-refractivity contribution in [2.75, 3.05) is 24.5 Å². The zero-order valence-electron chi connectivity index (χ0n) is 28.5. The van der Waals surface area contributed by atoms with Gasteiger partial charge in [-0.3, -0.25) is 9.78 Å². The lowest BCUT2D eigenvalue weighted by atomic mass is 10.0. The number of benzene rings is 1. The number of hydrogen-bond donors (Lipinski definition) is 0. The highest BCUT2D eigenvalue weighted by Gasteiger charge is 2.31. The molecular weight excluding hydrogens is 641 g/mol. The Morgan fingerprint density at radius 3 is 2.40 bits per heavy atom. The van der Waals surface area contributed by atoms with E-state index in [-0.39, 0.29) is 52.7 Å². The van der Waals surface area contributed by atoms with E-state index in [9.17, 15) is 14.0 Å². The first kappa shape index (κ1) is 35.1. The summed E-state index contributed by atoms with van der Waals surface area (Å²) in [5.41, 5.74) is 1.28. The van der Waals surface area contributed by atoms with Crippen molar-refractivity contribution in [2.45, 2.75) is 98.1 Å². The second-order valence-electron chi connectivity index (χ2n) is 13.5. The number of rotatable bonds is 8. The molecule has 0 unspecified atom stereocenters. The summed E-state index contributed by atoms with van der Waals surface area (Å²) in [6, 6.07) is 5.40. The van der Waals surface area contributed by atoms with Gasteiger partial charge in [0.05, 0.1) is 17.8 Å². The van der Waals surface area contributed by atoms with Gasteiger partial charge in [-0.25, -0.2) is 9.18 Å². The summed E-state index contributed by atoms with van der Waals surface area (Å²) in [4.78, 5) is 40.6. The quantitative estimate of drug-likeness (QED) is 0.262. The van der Waals surface area contributed by atoms with Crippen molar-refractivity contribution in [1.82, 2.24) is 30.0 Å². The van der Waals surface area contributed by atoms with Gasteiger partial charge in [-0.15, -0.1) is 10.2 Å². The van der Waals surface area contributed by atoms with E-state index in [4.69, 9.17) is 25.8 Å². The highest BCUT2D eigenvalue weighted by molar-refractivity contribution is 6.28. The van der Waals surface area contributed by atoms with Crippen LogP contribution in [-0.4, -0.2) is 85.4 Å². The minimum absolute atomic E-state index is 0.0468. The molecule has 0 spiro atoms. The van der Waals surface area contributed by atoms with E-state index in [1.807, 2.05) is 59.4 Å². The predicted octanol–water partition coefficient (Wildman–Crippen LogP) is 6.45. The van der Waals surface area contributed by atoms with Crippen LogP contribution in [0.1, 0.15) is 82.9 Å². The van der Waals surface area contributed by atoms with Gasteiger partial charge < -0.3 is 28.9 Å². The van der Waals surface area contributed by atoms with E-state index in [1.54, 1.807) is 16.0 Å². The van der Waals surface area contributed by atoms with E-state index < -0.39 is 11.4 Å². The third-order valence-electron chi connectivity index (χ3n) is 8.10. The molecule has 0 radical (unpaired) electrons. The number of aromatic nitrogens is 4. The molecule has 0 bridgehead atoms. The Hall–Kier alpha value is -4.26. The van der Waals surface area contributed by atoms with Crippen LogP contribution in [0.2, 0.25) is 5.28 Å². The Morgan fingerprint density at radius 1 is 1.02 bits per heavy atom. The summed E-state index contributed by atoms with van der Waals surface area (Å²) in [6.45, 7) is 15.1. The number of amides is 2. The molecule has 14 heteroatoms. The molecule has 4 heterocycles. The number of carbonyl (C=O) groups excluding carboxylic acids is 2. The molecule has 12 nitrogen and oxygen atoms in total. The van der Waals surface area contributed by atoms with Crippen LogP contribution in [0.15, 0.2) is 30.5 Å². The number of carbonyl (C=O) groups is 2. The van der Waals surface area contributed by atoms with Crippen molar-refractivity contribution in [3.05, 3.63) is 58.4 Å². The highest BCUT2D eigenvalue weighted by atomic mass is 35.5. The Kier molecular flexibility index (Phi) is 10.6. The van der Waals surface area contributed by atoms with Crippen LogP contribution in [0.5, 0.6) is 17.4 Å². The minimum atomic E-state index is -0.588. The zero-order valence-corrected chi connectivity index (χ0v) is 29.3. The summed E-state index contributed by atoms with van der Waals surface area (Å²) in [6.07, 6.45) is 3.17. The molecule has 1 fully saturated rings. The molecule has 2 amide bonds. The van der Waals surface area contributed by atoms with Gasteiger partial charge in [0.1, 0.15) is 29.0 Å². The summed E-state index contributed by atoms with van der Waals surface area (Å²) >= 11 is 6.18. The molecule has 0 saturated carbocycles. The van der Waals surface area contributed by atoms with Crippen molar-refractivity contribution >= 4 is 29.4 Å². The summed E-state index contributed by atoms with van der Waals surface area (Å²) in [7, 11) is 0. The molecule has 258 valence electrons. The lowest BCUT2D eigenvalue weighted by molar-refractivity contribution is 0.0219. The molecule has 2 aliphatic heterocycles. The van der Waals surface area contributed by atoms with Crippen LogP contribution in [0.25, 0.3) is 0 Å². The van der Waals surface area contributed by atoms with Crippen molar-refractivity contribution < 1.29 is 28.2 Å². The van der Waals surface area contributed by atoms with Crippen LogP contribution in [0.3, 0.4) is 0 Å². The predicted molar refractivity (Wildman–Crippen MR) is 178 cm³/mol. The van der Waals surface area contributed by atoms with Gasteiger partial charge in [-0.2, -0.15) is 4.98 Å². The number of pyridine rings is 1. The molecular formula is C34H43ClFN7O5. The molecule has 1 aromatic carbocycles. The van der Waals surface area contributed by atoms with Crippen LogP contribution in [0.4, 0.5) is 15.0 Å². The van der Waals surface area contributed by atoms with Gasteiger partial charge in [0, 0.05) is 62.7 Å². The topological polar surface area (TPSA) is 123 Å². The standard InChI is InChI=1S/C34H43ClFN7O5/c1-20(2)43(21(3)4)31(44)24-18-22(36)8-9-27(24)47-30-29(38-32(35)40-39-30)41-15-11-23(12-16-41)46-28-10-14-37-26-13-17-42(19-25(26)28)33(45)48-34(5,6)7/h8-10,14,18,20-21,23H,11-13,15-17,19H2,1-7H3. The average molecular weight is 684 g/mol. The maximum Gasteiger partial charge on any atom is 0.410 e. The molecule has 2 aliphatic rings. The number of nitrogens with zero attached hydrogens (tertiary/aromatic N) is 7.